The summed E-state index contributed by atoms with van der Waals surface area (Å²) in [6.45, 7) is 2.05. The largest absolute Gasteiger partial charge is 0.493 e. The van der Waals surface area contributed by atoms with Crippen LogP contribution in [0, 0.1) is 0 Å². The van der Waals surface area contributed by atoms with E-state index in [-0.39, 0.29) is 5.91 Å². The summed E-state index contributed by atoms with van der Waals surface area (Å²) in [6.07, 6.45) is 1.83. The first kappa shape index (κ1) is 20.5. The minimum atomic E-state index is -0.278. The number of thioether (sulfide) groups is 1. The highest BCUT2D eigenvalue weighted by atomic mass is 32.2. The lowest BCUT2D eigenvalue weighted by Gasteiger charge is -2.27. The molecule has 2 aromatic heterocycles. The van der Waals surface area contributed by atoms with E-state index in [9.17, 15) is 4.79 Å². The van der Waals surface area contributed by atoms with Gasteiger partial charge in [-0.25, -0.2) is 9.97 Å². The maximum absolute atomic E-state index is 12.6. The normalized spacial score (nSPS) is 13.7. The van der Waals surface area contributed by atoms with Crippen LogP contribution in [0.15, 0.2) is 41.9 Å². The van der Waals surface area contributed by atoms with Crippen molar-refractivity contribution in [3.63, 3.8) is 0 Å². The molecule has 0 spiro atoms. The molecule has 30 heavy (non-hydrogen) atoms. The van der Waals surface area contributed by atoms with E-state index in [2.05, 4.69) is 20.2 Å². The van der Waals surface area contributed by atoms with Gasteiger partial charge >= 0.3 is 0 Å². The summed E-state index contributed by atoms with van der Waals surface area (Å²) < 4.78 is 10.5. The summed E-state index contributed by atoms with van der Waals surface area (Å²) in [5.41, 5.74) is 1.88. The number of benzene rings is 1. The maximum Gasteiger partial charge on any atom is 0.275 e. The van der Waals surface area contributed by atoms with Gasteiger partial charge in [0.1, 0.15) is 16.5 Å². The number of nitrogens with zero attached hydrogens (tertiary/aromatic N) is 3. The number of amides is 1. The molecule has 1 aliphatic rings. The monoisotopic (exact) mass is 442 g/mol. The summed E-state index contributed by atoms with van der Waals surface area (Å²) in [7, 11) is 3.12. The molecule has 0 bridgehead atoms. The van der Waals surface area contributed by atoms with Crippen molar-refractivity contribution in [2.45, 2.75) is 0 Å². The summed E-state index contributed by atoms with van der Waals surface area (Å²) in [6, 6.07) is 9.25. The van der Waals surface area contributed by atoms with Crippen molar-refractivity contribution in [3.8, 4) is 22.1 Å². The second-order valence-corrected chi connectivity index (χ2v) is 8.65. The molecule has 0 aliphatic carbocycles. The highest BCUT2D eigenvalue weighted by Crippen LogP contribution is 2.30. The quantitative estimate of drug-likeness (QED) is 0.618. The van der Waals surface area contributed by atoms with E-state index in [0.29, 0.717) is 22.9 Å². The van der Waals surface area contributed by atoms with E-state index in [1.54, 1.807) is 37.8 Å². The molecule has 0 radical (unpaired) electrons. The molecule has 3 heterocycles. The van der Waals surface area contributed by atoms with Crippen molar-refractivity contribution in [2.75, 3.05) is 49.0 Å². The molecule has 0 unspecified atom stereocenters. The average Bonchev–Trinajstić information content (AvgIpc) is 3.30. The van der Waals surface area contributed by atoms with Crippen LogP contribution in [0.3, 0.4) is 0 Å². The highest BCUT2D eigenvalue weighted by molar-refractivity contribution is 7.99. The minimum Gasteiger partial charge on any atom is -0.493 e. The lowest BCUT2D eigenvalue weighted by molar-refractivity contribution is 0.102. The van der Waals surface area contributed by atoms with Gasteiger partial charge in [0.15, 0.2) is 11.5 Å². The third-order valence-electron chi connectivity index (χ3n) is 4.71. The summed E-state index contributed by atoms with van der Waals surface area (Å²) in [5.74, 6) is 4.13. The molecular formula is C21H22N4O3S2. The molecule has 0 saturated carbocycles. The van der Waals surface area contributed by atoms with E-state index in [1.165, 1.54) is 11.3 Å². The first-order valence-electron chi connectivity index (χ1n) is 9.46. The third kappa shape index (κ3) is 4.52. The molecule has 1 saturated heterocycles. The zero-order chi connectivity index (χ0) is 20.9. The molecule has 1 fully saturated rings. The fourth-order valence-corrected chi connectivity index (χ4v) is 4.81. The topological polar surface area (TPSA) is 76.6 Å². The zero-order valence-corrected chi connectivity index (χ0v) is 18.4. The van der Waals surface area contributed by atoms with Gasteiger partial charge in [0.2, 0.25) is 0 Å². The predicted octanol–water partition coefficient (Wildman–Crippen LogP) is 4.03. The van der Waals surface area contributed by atoms with Crippen LogP contribution in [0.2, 0.25) is 0 Å². The average molecular weight is 443 g/mol. The number of anilines is 2. The molecule has 1 aromatic carbocycles. The van der Waals surface area contributed by atoms with Crippen molar-refractivity contribution in [1.29, 1.82) is 0 Å². The molecule has 156 valence electrons. The fourth-order valence-electron chi connectivity index (χ4n) is 3.11. The molecule has 1 N–H and O–H groups in total. The zero-order valence-electron chi connectivity index (χ0n) is 16.8. The van der Waals surface area contributed by atoms with Gasteiger partial charge in [0, 0.05) is 53.5 Å². The Morgan fingerprint density at radius 1 is 1.10 bits per heavy atom. The Hall–Kier alpha value is -2.78. The first-order chi connectivity index (χ1) is 14.7. The van der Waals surface area contributed by atoms with Crippen molar-refractivity contribution < 1.29 is 14.3 Å². The lowest BCUT2D eigenvalue weighted by Crippen LogP contribution is -2.32. The highest BCUT2D eigenvalue weighted by Gasteiger charge is 2.15. The number of hydrogen-bond donors (Lipinski definition) is 1. The van der Waals surface area contributed by atoms with Gasteiger partial charge in [0.05, 0.1) is 14.2 Å². The standard InChI is InChI=1S/C21H22N4O3S2/c1-27-17-5-4-15(11-18(17)28-2)23-20(26)16-13-30-21(24-16)14-3-6-19(22-12-14)25-7-9-29-10-8-25/h3-6,11-13H,7-10H2,1-2H3,(H,23,26). The van der Waals surface area contributed by atoms with Crippen molar-refractivity contribution in [2.24, 2.45) is 0 Å². The van der Waals surface area contributed by atoms with Gasteiger partial charge in [-0.2, -0.15) is 11.8 Å². The maximum atomic E-state index is 12.6. The number of aromatic nitrogens is 2. The fraction of sp³-hybridized carbons (Fsp3) is 0.286. The third-order valence-corrected chi connectivity index (χ3v) is 6.54. The summed E-state index contributed by atoms with van der Waals surface area (Å²) >= 11 is 3.40. The SMILES string of the molecule is COc1ccc(NC(=O)c2csc(-c3ccc(N4CCSCC4)nc3)n2)cc1OC. The number of carbonyl (C=O) groups excluding carboxylic acids is 1. The Labute approximate surface area is 183 Å². The van der Waals surface area contributed by atoms with Crippen LogP contribution >= 0.6 is 23.1 Å². The Kier molecular flexibility index (Phi) is 6.39. The Balaban J connectivity index is 1.45. The van der Waals surface area contributed by atoms with Crippen LogP contribution in [-0.4, -0.2) is 54.7 Å². The number of nitrogens with one attached hydrogen (secondary N) is 1. The van der Waals surface area contributed by atoms with Gasteiger partial charge in [-0.1, -0.05) is 0 Å². The summed E-state index contributed by atoms with van der Waals surface area (Å²) in [5, 5.41) is 5.36. The molecule has 9 heteroatoms. The van der Waals surface area contributed by atoms with Crippen molar-refractivity contribution in [1.82, 2.24) is 9.97 Å². The Bertz CT molecular complexity index is 1020. The minimum absolute atomic E-state index is 0.278. The van der Waals surface area contributed by atoms with Gasteiger partial charge in [0.25, 0.3) is 5.91 Å². The van der Waals surface area contributed by atoms with Crippen LogP contribution in [0.25, 0.3) is 10.6 Å². The van der Waals surface area contributed by atoms with Crippen LogP contribution in [0.5, 0.6) is 11.5 Å². The molecular weight excluding hydrogens is 420 g/mol. The van der Waals surface area contributed by atoms with Crippen molar-refractivity contribution in [3.05, 3.63) is 47.6 Å². The number of hydrogen-bond acceptors (Lipinski definition) is 8. The number of thiazole rings is 1. The van der Waals surface area contributed by atoms with Crippen LogP contribution < -0.4 is 19.7 Å². The number of rotatable bonds is 6. The smallest absolute Gasteiger partial charge is 0.275 e. The van der Waals surface area contributed by atoms with E-state index >= 15 is 0 Å². The Morgan fingerprint density at radius 3 is 2.60 bits per heavy atom. The molecule has 0 atom stereocenters. The van der Waals surface area contributed by atoms with Crippen LogP contribution in [-0.2, 0) is 0 Å². The number of carbonyl (C=O) groups is 1. The number of ether oxygens (including phenoxy) is 2. The van der Waals surface area contributed by atoms with E-state index < -0.39 is 0 Å². The Morgan fingerprint density at radius 2 is 1.90 bits per heavy atom. The summed E-state index contributed by atoms with van der Waals surface area (Å²) in [4.78, 5) is 24.0. The van der Waals surface area contributed by atoms with E-state index in [0.717, 1.165) is 41.0 Å². The van der Waals surface area contributed by atoms with Gasteiger partial charge in [-0.3, -0.25) is 4.79 Å². The van der Waals surface area contributed by atoms with Crippen molar-refractivity contribution >= 4 is 40.5 Å². The predicted molar refractivity (Wildman–Crippen MR) is 122 cm³/mol. The van der Waals surface area contributed by atoms with E-state index in [4.69, 9.17) is 9.47 Å². The number of methoxy groups -OCH3 is 2. The molecule has 3 aromatic rings. The van der Waals surface area contributed by atoms with Gasteiger partial charge in [-0.05, 0) is 24.3 Å². The number of pyridine rings is 1. The first-order valence-corrected chi connectivity index (χ1v) is 11.5. The second-order valence-electron chi connectivity index (χ2n) is 6.57. The van der Waals surface area contributed by atoms with E-state index in [1.807, 2.05) is 30.1 Å². The van der Waals surface area contributed by atoms with Crippen LogP contribution in [0.1, 0.15) is 10.5 Å². The second kappa shape index (κ2) is 9.36. The molecule has 1 aliphatic heterocycles. The van der Waals surface area contributed by atoms with Gasteiger partial charge < -0.3 is 19.7 Å². The lowest BCUT2D eigenvalue weighted by atomic mass is 10.2. The molecule has 1 amide bonds. The van der Waals surface area contributed by atoms with Gasteiger partial charge in [-0.15, -0.1) is 11.3 Å². The van der Waals surface area contributed by atoms with Crippen LogP contribution in [0.4, 0.5) is 11.5 Å². The molecule has 7 nitrogen and oxygen atoms in total. The molecule has 4 rings (SSSR count).